The number of nitrogens with zero attached hydrogens (tertiary/aromatic N) is 2. The van der Waals surface area contributed by atoms with Crippen molar-refractivity contribution in [1.29, 1.82) is 0 Å². The van der Waals surface area contributed by atoms with Crippen LogP contribution in [-0.4, -0.2) is 34.8 Å². The Bertz CT molecular complexity index is 982. The first-order valence-electron chi connectivity index (χ1n) is 9.65. The number of likely N-dealkylation sites (tertiary alicyclic amines) is 1. The van der Waals surface area contributed by atoms with Crippen LogP contribution in [-0.2, 0) is 16.0 Å². The summed E-state index contributed by atoms with van der Waals surface area (Å²) in [4.78, 5) is 31.2. The number of carbonyl (C=O) groups is 2. The van der Waals surface area contributed by atoms with E-state index in [-0.39, 0.29) is 24.3 Å². The van der Waals surface area contributed by atoms with Gasteiger partial charge in [0.05, 0.1) is 18.0 Å². The monoisotopic (exact) mass is 373 g/mol. The van der Waals surface area contributed by atoms with Crippen LogP contribution in [0.15, 0.2) is 66.9 Å². The van der Waals surface area contributed by atoms with E-state index < -0.39 is 0 Å². The number of carbonyl (C=O) groups excluding carboxylic acids is 2. The molecule has 1 fully saturated rings. The summed E-state index contributed by atoms with van der Waals surface area (Å²) in [6, 6.07) is 19.4. The molecule has 1 N–H and O–H groups in total. The first kappa shape index (κ1) is 18.2. The molecule has 28 heavy (non-hydrogen) atoms. The summed E-state index contributed by atoms with van der Waals surface area (Å²) in [5.74, 6) is 0.0899. The highest BCUT2D eigenvalue weighted by molar-refractivity contribution is 5.87. The molecule has 2 amide bonds. The highest BCUT2D eigenvalue weighted by atomic mass is 16.2. The van der Waals surface area contributed by atoms with E-state index in [9.17, 15) is 9.59 Å². The molecule has 142 valence electrons. The fourth-order valence-corrected chi connectivity index (χ4v) is 3.77. The minimum atomic E-state index is -0.223. The van der Waals surface area contributed by atoms with E-state index in [1.165, 1.54) is 0 Å². The Morgan fingerprint density at radius 2 is 1.89 bits per heavy atom. The Morgan fingerprint density at radius 3 is 2.68 bits per heavy atom. The van der Waals surface area contributed by atoms with Gasteiger partial charge in [0.25, 0.3) is 0 Å². The molecule has 0 radical (unpaired) electrons. The number of benzene rings is 2. The third kappa shape index (κ3) is 4.03. The second-order valence-corrected chi connectivity index (χ2v) is 7.14. The maximum Gasteiger partial charge on any atom is 0.225 e. The molecule has 3 aromatic rings. The van der Waals surface area contributed by atoms with E-state index >= 15 is 0 Å². The average molecular weight is 373 g/mol. The standard InChI is InChI=1S/C23H23N3O2/c27-21(15-19-10-4-9-18-11-5-13-24-23(18)19)25-20(17-7-2-1-3-8-17)16-26-14-6-12-22(26)28/h1-5,7-11,13,20H,6,12,14-16H2,(H,25,27). The van der Waals surface area contributed by atoms with Crippen LogP contribution in [0.1, 0.15) is 30.0 Å². The number of rotatable bonds is 6. The largest absolute Gasteiger partial charge is 0.347 e. The Labute approximate surface area is 164 Å². The van der Waals surface area contributed by atoms with E-state index in [1.807, 2.05) is 65.6 Å². The predicted octanol–water partition coefficient (Wildman–Crippen LogP) is 3.26. The number of fused-ring (bicyclic) bond motifs is 1. The van der Waals surface area contributed by atoms with Crippen LogP contribution in [0.5, 0.6) is 0 Å². The van der Waals surface area contributed by atoms with Gasteiger partial charge in [0.15, 0.2) is 0 Å². The van der Waals surface area contributed by atoms with Gasteiger partial charge in [0.2, 0.25) is 11.8 Å². The number of hydrogen-bond acceptors (Lipinski definition) is 3. The summed E-state index contributed by atoms with van der Waals surface area (Å²) in [5.41, 5.74) is 2.76. The van der Waals surface area contributed by atoms with Crippen molar-refractivity contribution in [2.75, 3.05) is 13.1 Å². The number of amides is 2. The third-order valence-electron chi connectivity index (χ3n) is 5.18. The smallest absolute Gasteiger partial charge is 0.225 e. The van der Waals surface area contributed by atoms with Crippen molar-refractivity contribution in [3.05, 3.63) is 78.0 Å². The van der Waals surface area contributed by atoms with Crippen molar-refractivity contribution in [1.82, 2.24) is 15.2 Å². The molecule has 0 saturated carbocycles. The molecule has 1 unspecified atom stereocenters. The van der Waals surface area contributed by atoms with Gasteiger partial charge in [0, 0.05) is 31.1 Å². The number of aromatic nitrogens is 1. The van der Waals surface area contributed by atoms with Gasteiger partial charge in [-0.15, -0.1) is 0 Å². The van der Waals surface area contributed by atoms with Gasteiger partial charge in [-0.1, -0.05) is 54.6 Å². The van der Waals surface area contributed by atoms with Crippen LogP contribution in [0.2, 0.25) is 0 Å². The minimum absolute atomic E-state index is 0.0707. The summed E-state index contributed by atoms with van der Waals surface area (Å²) in [6.07, 6.45) is 3.48. The van der Waals surface area contributed by atoms with Crippen molar-refractivity contribution >= 4 is 22.7 Å². The maximum atomic E-state index is 12.9. The van der Waals surface area contributed by atoms with Gasteiger partial charge in [-0.3, -0.25) is 14.6 Å². The van der Waals surface area contributed by atoms with E-state index in [1.54, 1.807) is 6.20 Å². The molecule has 2 aromatic carbocycles. The SMILES string of the molecule is O=C(Cc1cccc2cccnc12)NC(CN1CCCC1=O)c1ccccc1. The Kier molecular flexibility index (Phi) is 5.33. The summed E-state index contributed by atoms with van der Waals surface area (Å²) < 4.78 is 0. The van der Waals surface area contributed by atoms with Crippen molar-refractivity contribution in [3.63, 3.8) is 0 Å². The fraction of sp³-hybridized carbons (Fsp3) is 0.261. The first-order valence-corrected chi connectivity index (χ1v) is 9.65. The summed E-state index contributed by atoms with van der Waals surface area (Å²) in [5, 5.41) is 4.16. The summed E-state index contributed by atoms with van der Waals surface area (Å²) >= 11 is 0. The molecule has 0 aliphatic carbocycles. The molecule has 1 atom stereocenters. The van der Waals surface area contributed by atoms with Crippen LogP contribution in [0.3, 0.4) is 0 Å². The highest BCUT2D eigenvalue weighted by Gasteiger charge is 2.25. The second-order valence-electron chi connectivity index (χ2n) is 7.14. The van der Waals surface area contributed by atoms with Crippen molar-refractivity contribution in [2.45, 2.75) is 25.3 Å². The molecular weight excluding hydrogens is 350 g/mol. The van der Waals surface area contributed by atoms with Crippen molar-refractivity contribution in [3.8, 4) is 0 Å². The van der Waals surface area contributed by atoms with Gasteiger partial charge in [-0.2, -0.15) is 0 Å². The molecule has 0 spiro atoms. The normalized spacial score (nSPS) is 15.0. The van der Waals surface area contributed by atoms with Crippen LogP contribution < -0.4 is 5.32 Å². The zero-order valence-corrected chi connectivity index (χ0v) is 15.7. The molecule has 4 rings (SSSR count). The van der Waals surface area contributed by atoms with Gasteiger partial charge >= 0.3 is 0 Å². The van der Waals surface area contributed by atoms with Crippen molar-refractivity contribution < 1.29 is 9.59 Å². The highest BCUT2D eigenvalue weighted by Crippen LogP contribution is 2.20. The second kappa shape index (κ2) is 8.21. The molecule has 2 heterocycles. The summed E-state index contributed by atoms with van der Waals surface area (Å²) in [6.45, 7) is 1.26. The molecule has 1 aliphatic heterocycles. The minimum Gasteiger partial charge on any atom is -0.347 e. The lowest BCUT2D eigenvalue weighted by Crippen LogP contribution is -2.39. The molecule has 5 heteroatoms. The van der Waals surface area contributed by atoms with E-state index in [2.05, 4.69) is 10.3 Å². The van der Waals surface area contributed by atoms with E-state index in [4.69, 9.17) is 0 Å². The fourth-order valence-electron chi connectivity index (χ4n) is 3.77. The number of para-hydroxylation sites is 1. The van der Waals surface area contributed by atoms with Crippen LogP contribution in [0.4, 0.5) is 0 Å². The zero-order chi connectivity index (χ0) is 19.3. The van der Waals surface area contributed by atoms with Gasteiger partial charge in [-0.05, 0) is 23.6 Å². The van der Waals surface area contributed by atoms with Crippen LogP contribution >= 0.6 is 0 Å². The van der Waals surface area contributed by atoms with Gasteiger partial charge in [0.1, 0.15) is 0 Å². The quantitative estimate of drug-likeness (QED) is 0.721. The zero-order valence-electron chi connectivity index (χ0n) is 15.7. The first-order chi connectivity index (χ1) is 13.7. The lowest BCUT2D eigenvalue weighted by Gasteiger charge is -2.25. The summed E-state index contributed by atoms with van der Waals surface area (Å²) in [7, 11) is 0. The topological polar surface area (TPSA) is 62.3 Å². The lowest BCUT2D eigenvalue weighted by molar-refractivity contribution is -0.129. The van der Waals surface area contributed by atoms with E-state index in [0.717, 1.165) is 35.0 Å². The number of nitrogens with one attached hydrogen (secondary N) is 1. The molecule has 1 aromatic heterocycles. The Hall–Kier alpha value is -3.21. The predicted molar refractivity (Wildman–Crippen MR) is 109 cm³/mol. The lowest BCUT2D eigenvalue weighted by atomic mass is 10.0. The maximum absolute atomic E-state index is 12.9. The molecular formula is C23H23N3O2. The molecule has 1 aliphatic rings. The number of hydrogen-bond donors (Lipinski definition) is 1. The Morgan fingerprint density at radius 1 is 1.07 bits per heavy atom. The molecule has 0 bridgehead atoms. The average Bonchev–Trinajstić information content (AvgIpc) is 3.13. The molecule has 5 nitrogen and oxygen atoms in total. The van der Waals surface area contributed by atoms with Crippen LogP contribution in [0, 0.1) is 0 Å². The van der Waals surface area contributed by atoms with Gasteiger partial charge in [-0.25, -0.2) is 0 Å². The van der Waals surface area contributed by atoms with E-state index in [0.29, 0.717) is 13.0 Å². The van der Waals surface area contributed by atoms with Gasteiger partial charge < -0.3 is 10.2 Å². The third-order valence-corrected chi connectivity index (χ3v) is 5.18. The number of pyridine rings is 1. The Balaban J connectivity index is 1.52. The molecule has 1 saturated heterocycles. The van der Waals surface area contributed by atoms with Crippen molar-refractivity contribution in [2.24, 2.45) is 0 Å². The van der Waals surface area contributed by atoms with Crippen LogP contribution in [0.25, 0.3) is 10.9 Å².